The van der Waals surface area contributed by atoms with Crippen LogP contribution < -0.4 is 0 Å². The van der Waals surface area contributed by atoms with E-state index in [0.29, 0.717) is 19.6 Å². The van der Waals surface area contributed by atoms with Gasteiger partial charge in [-0.1, -0.05) is 49.4 Å². The Bertz CT molecular complexity index is 371. The minimum atomic E-state index is -0.166. The van der Waals surface area contributed by atoms with Gasteiger partial charge in [0.25, 0.3) is 0 Å². The van der Waals surface area contributed by atoms with Crippen molar-refractivity contribution in [2.75, 3.05) is 13.7 Å². The van der Waals surface area contributed by atoms with Gasteiger partial charge in [0.1, 0.15) is 6.61 Å². The summed E-state index contributed by atoms with van der Waals surface area (Å²) in [4.78, 5) is 11.7. The molecule has 0 aliphatic rings. The summed E-state index contributed by atoms with van der Waals surface area (Å²) in [6.45, 7) is 2.78. The quantitative estimate of drug-likeness (QED) is 0.549. The summed E-state index contributed by atoms with van der Waals surface area (Å²) in [5.74, 6) is -0.289. The number of ether oxygens (including phenoxy) is 2. The van der Waals surface area contributed by atoms with Crippen molar-refractivity contribution in [3.05, 3.63) is 48.0 Å². The van der Waals surface area contributed by atoms with Crippen LogP contribution >= 0.6 is 0 Å². The Kier molecular flexibility index (Phi) is 6.81. The third-order valence-corrected chi connectivity index (χ3v) is 2.55. The van der Waals surface area contributed by atoms with E-state index >= 15 is 0 Å². The summed E-state index contributed by atoms with van der Waals surface area (Å²) in [6, 6.07) is 9.68. The Hall–Kier alpha value is -1.61. The van der Waals surface area contributed by atoms with Crippen molar-refractivity contribution >= 4 is 5.97 Å². The predicted molar refractivity (Wildman–Crippen MR) is 71.0 cm³/mol. The zero-order chi connectivity index (χ0) is 13.2. The van der Waals surface area contributed by atoms with Crippen LogP contribution in [-0.4, -0.2) is 19.7 Å². The molecule has 1 atom stereocenters. The molecule has 0 aliphatic carbocycles. The lowest BCUT2D eigenvalue weighted by atomic mass is 10.1. The lowest BCUT2D eigenvalue weighted by molar-refractivity contribution is -0.149. The van der Waals surface area contributed by atoms with Gasteiger partial charge in [-0.05, 0) is 12.0 Å². The van der Waals surface area contributed by atoms with Gasteiger partial charge in [0.2, 0.25) is 0 Å². The molecule has 0 aromatic heterocycles. The van der Waals surface area contributed by atoms with Gasteiger partial charge in [-0.3, -0.25) is 4.79 Å². The molecular weight excluding hydrogens is 228 g/mol. The predicted octanol–water partition coefficient (Wildman–Crippen LogP) is 2.96. The van der Waals surface area contributed by atoms with Gasteiger partial charge in [-0.2, -0.15) is 0 Å². The lowest BCUT2D eigenvalue weighted by Crippen LogP contribution is -2.14. The molecule has 0 N–H and O–H groups in total. The number of rotatable bonds is 7. The number of esters is 1. The van der Waals surface area contributed by atoms with Gasteiger partial charge in [0, 0.05) is 7.11 Å². The Labute approximate surface area is 108 Å². The SMILES string of the molecule is COCC=CC[C@H](C)C(=O)OCc1ccccc1. The molecule has 0 amide bonds. The zero-order valence-corrected chi connectivity index (χ0v) is 11.0. The van der Waals surface area contributed by atoms with Gasteiger partial charge in [-0.15, -0.1) is 0 Å². The molecule has 1 aromatic carbocycles. The van der Waals surface area contributed by atoms with Crippen LogP contribution in [0.1, 0.15) is 18.9 Å². The highest BCUT2D eigenvalue weighted by atomic mass is 16.5. The molecular formula is C15H20O3. The molecule has 98 valence electrons. The van der Waals surface area contributed by atoms with E-state index in [1.807, 2.05) is 49.4 Å². The molecule has 0 radical (unpaired) electrons. The van der Waals surface area contributed by atoms with Gasteiger partial charge in [0.15, 0.2) is 0 Å². The molecule has 0 bridgehead atoms. The van der Waals surface area contributed by atoms with Crippen LogP contribution in [0.15, 0.2) is 42.5 Å². The molecule has 3 nitrogen and oxygen atoms in total. The highest BCUT2D eigenvalue weighted by Crippen LogP contribution is 2.08. The molecule has 0 saturated carbocycles. The summed E-state index contributed by atoms with van der Waals surface area (Å²) in [5, 5.41) is 0. The van der Waals surface area contributed by atoms with E-state index in [1.54, 1.807) is 7.11 Å². The number of carbonyl (C=O) groups excluding carboxylic acids is 1. The van der Waals surface area contributed by atoms with E-state index in [2.05, 4.69) is 0 Å². The first-order valence-electron chi connectivity index (χ1n) is 6.08. The fraction of sp³-hybridized carbons (Fsp3) is 0.400. The van der Waals surface area contributed by atoms with Crippen molar-refractivity contribution in [2.24, 2.45) is 5.92 Å². The summed E-state index contributed by atoms with van der Waals surface area (Å²) in [7, 11) is 1.64. The van der Waals surface area contributed by atoms with E-state index < -0.39 is 0 Å². The van der Waals surface area contributed by atoms with E-state index in [-0.39, 0.29) is 11.9 Å². The van der Waals surface area contributed by atoms with Crippen molar-refractivity contribution in [1.82, 2.24) is 0 Å². The summed E-state index contributed by atoms with van der Waals surface area (Å²) in [5.41, 5.74) is 1.01. The number of allylic oxidation sites excluding steroid dienone is 1. The van der Waals surface area contributed by atoms with Crippen LogP contribution in [0.25, 0.3) is 0 Å². The molecule has 0 unspecified atom stereocenters. The molecule has 0 aliphatic heterocycles. The second-order valence-electron chi connectivity index (χ2n) is 4.16. The molecule has 0 saturated heterocycles. The Morgan fingerprint density at radius 3 is 2.67 bits per heavy atom. The van der Waals surface area contributed by atoms with E-state index in [1.165, 1.54) is 0 Å². The first-order valence-corrected chi connectivity index (χ1v) is 6.08. The maximum absolute atomic E-state index is 11.7. The van der Waals surface area contributed by atoms with Crippen molar-refractivity contribution in [3.63, 3.8) is 0 Å². The molecule has 1 rings (SSSR count). The van der Waals surface area contributed by atoms with Crippen molar-refractivity contribution in [2.45, 2.75) is 20.0 Å². The highest BCUT2D eigenvalue weighted by molar-refractivity contribution is 5.72. The third-order valence-electron chi connectivity index (χ3n) is 2.55. The maximum atomic E-state index is 11.7. The number of hydrogen-bond acceptors (Lipinski definition) is 3. The Morgan fingerprint density at radius 1 is 1.28 bits per heavy atom. The monoisotopic (exact) mass is 248 g/mol. The minimum absolute atomic E-state index is 0.123. The van der Waals surface area contributed by atoms with Crippen LogP contribution in [-0.2, 0) is 20.9 Å². The summed E-state index contributed by atoms with van der Waals surface area (Å²) < 4.78 is 10.1. The molecule has 18 heavy (non-hydrogen) atoms. The summed E-state index contributed by atoms with van der Waals surface area (Å²) >= 11 is 0. The largest absolute Gasteiger partial charge is 0.461 e. The van der Waals surface area contributed by atoms with Gasteiger partial charge >= 0.3 is 5.97 Å². The lowest BCUT2D eigenvalue weighted by Gasteiger charge is -2.09. The van der Waals surface area contributed by atoms with Crippen molar-refractivity contribution in [3.8, 4) is 0 Å². The fourth-order valence-corrected chi connectivity index (χ4v) is 1.43. The highest BCUT2D eigenvalue weighted by Gasteiger charge is 2.12. The van der Waals surface area contributed by atoms with Crippen LogP contribution in [0, 0.1) is 5.92 Å². The van der Waals surface area contributed by atoms with Crippen molar-refractivity contribution < 1.29 is 14.3 Å². The normalized spacial score (nSPS) is 12.6. The molecule has 0 fully saturated rings. The van der Waals surface area contributed by atoms with Gasteiger partial charge in [-0.25, -0.2) is 0 Å². The maximum Gasteiger partial charge on any atom is 0.309 e. The second kappa shape index (κ2) is 8.48. The van der Waals surface area contributed by atoms with Crippen LogP contribution in [0.5, 0.6) is 0 Å². The van der Waals surface area contributed by atoms with Crippen LogP contribution in [0.3, 0.4) is 0 Å². The standard InChI is InChI=1S/C15H20O3/c1-13(8-6-7-11-17-2)15(16)18-12-14-9-4-3-5-10-14/h3-7,9-10,13H,8,11-12H2,1-2H3/t13-/m0/s1. The average molecular weight is 248 g/mol. The first kappa shape index (κ1) is 14.5. The summed E-state index contributed by atoms with van der Waals surface area (Å²) in [6.07, 6.45) is 4.52. The van der Waals surface area contributed by atoms with Crippen LogP contribution in [0.2, 0.25) is 0 Å². The third kappa shape index (κ3) is 5.64. The van der Waals surface area contributed by atoms with Gasteiger partial charge in [0.05, 0.1) is 12.5 Å². The van der Waals surface area contributed by atoms with Crippen molar-refractivity contribution in [1.29, 1.82) is 0 Å². The van der Waals surface area contributed by atoms with Gasteiger partial charge < -0.3 is 9.47 Å². The number of hydrogen-bond donors (Lipinski definition) is 0. The number of carbonyl (C=O) groups is 1. The number of benzene rings is 1. The first-order chi connectivity index (χ1) is 8.74. The smallest absolute Gasteiger partial charge is 0.309 e. The second-order valence-corrected chi connectivity index (χ2v) is 4.16. The Balaban J connectivity index is 2.27. The molecule has 0 heterocycles. The topological polar surface area (TPSA) is 35.5 Å². The van der Waals surface area contributed by atoms with Crippen LogP contribution in [0.4, 0.5) is 0 Å². The fourth-order valence-electron chi connectivity index (χ4n) is 1.43. The van der Waals surface area contributed by atoms with E-state index in [4.69, 9.17) is 9.47 Å². The Morgan fingerprint density at radius 2 is 2.00 bits per heavy atom. The molecule has 1 aromatic rings. The zero-order valence-electron chi connectivity index (χ0n) is 11.0. The molecule has 3 heteroatoms. The average Bonchev–Trinajstić information content (AvgIpc) is 2.42. The van der Waals surface area contributed by atoms with E-state index in [0.717, 1.165) is 5.56 Å². The molecule has 0 spiro atoms. The minimum Gasteiger partial charge on any atom is -0.461 e. The number of methoxy groups -OCH3 is 1. The van der Waals surface area contributed by atoms with E-state index in [9.17, 15) is 4.79 Å².